The van der Waals surface area contributed by atoms with E-state index in [4.69, 9.17) is 9.47 Å². The van der Waals surface area contributed by atoms with E-state index >= 15 is 0 Å². The molecule has 25 heavy (non-hydrogen) atoms. The third-order valence-corrected chi connectivity index (χ3v) is 4.21. The quantitative estimate of drug-likeness (QED) is 0.457. The van der Waals surface area contributed by atoms with Crippen LogP contribution < -0.4 is 4.74 Å². The molecule has 3 rings (SSSR count). The van der Waals surface area contributed by atoms with Gasteiger partial charge in [-0.2, -0.15) is 0 Å². The largest absolute Gasteiger partial charge is 0.465 e. The van der Waals surface area contributed by atoms with Crippen molar-refractivity contribution in [2.45, 2.75) is 32.7 Å². The van der Waals surface area contributed by atoms with Gasteiger partial charge in [0.25, 0.3) is 0 Å². The van der Waals surface area contributed by atoms with Gasteiger partial charge in [0.05, 0.1) is 6.61 Å². The summed E-state index contributed by atoms with van der Waals surface area (Å²) >= 11 is 0. The molecule has 0 aliphatic heterocycles. The summed E-state index contributed by atoms with van der Waals surface area (Å²) in [5, 5.41) is 2.46. The van der Waals surface area contributed by atoms with Crippen molar-refractivity contribution in [1.82, 2.24) is 0 Å². The molecule has 0 saturated carbocycles. The van der Waals surface area contributed by atoms with Gasteiger partial charge in [-0.1, -0.05) is 80.6 Å². The molecule has 2 heteroatoms. The highest BCUT2D eigenvalue weighted by molar-refractivity contribution is 5.85. The maximum atomic E-state index is 6.09. The highest BCUT2D eigenvalue weighted by atomic mass is 16.7. The molecule has 0 N–H and O–H groups in total. The highest BCUT2D eigenvalue weighted by Gasteiger charge is 2.11. The Balaban J connectivity index is 1.69. The number of rotatable bonds is 8. The van der Waals surface area contributed by atoms with Crippen molar-refractivity contribution in [3.05, 3.63) is 84.4 Å². The normalized spacial score (nSPS) is 12.0. The number of fused-ring (bicyclic) bond motifs is 1. The summed E-state index contributed by atoms with van der Waals surface area (Å²) in [6.45, 7) is 6.45. The minimum absolute atomic E-state index is 0.251. The number of ether oxygens (including phenoxy) is 2. The first-order chi connectivity index (χ1) is 12.3. The van der Waals surface area contributed by atoms with Gasteiger partial charge in [-0.05, 0) is 34.0 Å². The standard InChI is InChI=1S/C23H24O2/c1-3-8-23(25-21-15-13-18(4-2)14-16-21)24-17-20-11-7-10-19-9-5-6-12-22(19)20/h4-7,9-16,23H,2-3,8,17H2,1H3. The Labute approximate surface area is 149 Å². The van der Waals surface area contributed by atoms with E-state index in [1.807, 2.05) is 30.3 Å². The van der Waals surface area contributed by atoms with E-state index in [0.29, 0.717) is 6.61 Å². The highest BCUT2D eigenvalue weighted by Crippen LogP contribution is 2.22. The number of hydrogen-bond donors (Lipinski definition) is 0. The van der Waals surface area contributed by atoms with E-state index in [1.54, 1.807) is 0 Å². The Kier molecular flexibility index (Phi) is 5.86. The Hall–Kier alpha value is -2.58. The molecule has 2 nitrogen and oxygen atoms in total. The lowest BCUT2D eigenvalue weighted by molar-refractivity contribution is -0.0933. The summed E-state index contributed by atoms with van der Waals surface area (Å²) in [5.74, 6) is 0.821. The first kappa shape index (κ1) is 17.2. The van der Waals surface area contributed by atoms with Crippen LogP contribution in [-0.2, 0) is 11.3 Å². The Bertz CT molecular complexity index is 816. The van der Waals surface area contributed by atoms with Gasteiger partial charge >= 0.3 is 0 Å². The molecule has 0 heterocycles. The van der Waals surface area contributed by atoms with Crippen LogP contribution in [0.4, 0.5) is 0 Å². The average molecular weight is 332 g/mol. The van der Waals surface area contributed by atoms with Gasteiger partial charge in [0.1, 0.15) is 5.75 Å². The van der Waals surface area contributed by atoms with E-state index in [2.05, 4.69) is 56.0 Å². The molecule has 0 saturated heterocycles. The molecule has 0 amide bonds. The topological polar surface area (TPSA) is 18.5 Å². The fourth-order valence-electron chi connectivity index (χ4n) is 2.85. The van der Waals surface area contributed by atoms with Crippen LogP contribution in [-0.4, -0.2) is 6.29 Å². The second kappa shape index (κ2) is 8.50. The van der Waals surface area contributed by atoms with Gasteiger partial charge in [-0.3, -0.25) is 0 Å². The molecule has 0 spiro atoms. The van der Waals surface area contributed by atoms with Crippen molar-refractivity contribution in [2.24, 2.45) is 0 Å². The fraction of sp³-hybridized carbons (Fsp3) is 0.217. The molecular formula is C23H24O2. The zero-order chi connectivity index (χ0) is 17.5. The summed E-state index contributed by atoms with van der Waals surface area (Å²) in [4.78, 5) is 0. The monoisotopic (exact) mass is 332 g/mol. The van der Waals surface area contributed by atoms with Crippen molar-refractivity contribution in [3.8, 4) is 5.75 Å². The molecular weight excluding hydrogens is 308 g/mol. The summed E-state index contributed by atoms with van der Waals surface area (Å²) in [7, 11) is 0. The fourth-order valence-corrected chi connectivity index (χ4v) is 2.85. The minimum Gasteiger partial charge on any atom is -0.465 e. The molecule has 0 aromatic heterocycles. The van der Waals surface area contributed by atoms with E-state index in [1.165, 1.54) is 16.3 Å². The second-order valence-corrected chi connectivity index (χ2v) is 6.06. The van der Waals surface area contributed by atoms with Crippen LogP contribution in [0.3, 0.4) is 0 Å². The third kappa shape index (κ3) is 4.49. The zero-order valence-corrected chi connectivity index (χ0v) is 14.7. The molecule has 0 bridgehead atoms. The lowest BCUT2D eigenvalue weighted by atomic mass is 10.1. The van der Waals surface area contributed by atoms with Crippen LogP contribution in [0.15, 0.2) is 73.3 Å². The van der Waals surface area contributed by atoms with Crippen molar-refractivity contribution in [2.75, 3.05) is 0 Å². The molecule has 0 radical (unpaired) electrons. The van der Waals surface area contributed by atoms with Gasteiger partial charge in [0, 0.05) is 6.42 Å². The van der Waals surface area contributed by atoms with Crippen molar-refractivity contribution >= 4 is 16.8 Å². The van der Waals surface area contributed by atoms with E-state index in [-0.39, 0.29) is 6.29 Å². The first-order valence-electron chi connectivity index (χ1n) is 8.77. The lowest BCUT2D eigenvalue weighted by Gasteiger charge is -2.20. The van der Waals surface area contributed by atoms with Crippen LogP contribution in [0.1, 0.15) is 30.9 Å². The predicted octanol–water partition coefficient (Wildman–Crippen LogP) is 6.20. The van der Waals surface area contributed by atoms with Crippen molar-refractivity contribution in [1.29, 1.82) is 0 Å². The average Bonchev–Trinajstić information content (AvgIpc) is 2.67. The summed E-state index contributed by atoms with van der Waals surface area (Å²) < 4.78 is 12.1. The maximum absolute atomic E-state index is 6.09. The van der Waals surface area contributed by atoms with Crippen LogP contribution in [0, 0.1) is 0 Å². The molecule has 1 atom stereocenters. The number of hydrogen-bond acceptors (Lipinski definition) is 2. The van der Waals surface area contributed by atoms with Crippen molar-refractivity contribution < 1.29 is 9.47 Å². The summed E-state index contributed by atoms with van der Waals surface area (Å²) in [6, 6.07) is 22.6. The molecule has 3 aromatic rings. The van der Waals surface area contributed by atoms with Gasteiger partial charge in [0.15, 0.2) is 6.29 Å². The number of benzene rings is 3. The summed E-state index contributed by atoms with van der Waals surface area (Å²) in [6.07, 6.45) is 3.43. The maximum Gasteiger partial charge on any atom is 0.200 e. The lowest BCUT2D eigenvalue weighted by Crippen LogP contribution is -2.20. The van der Waals surface area contributed by atoms with E-state index in [9.17, 15) is 0 Å². The first-order valence-corrected chi connectivity index (χ1v) is 8.77. The predicted molar refractivity (Wildman–Crippen MR) is 105 cm³/mol. The molecule has 3 aromatic carbocycles. The summed E-state index contributed by atoms with van der Waals surface area (Å²) in [5.41, 5.74) is 2.26. The smallest absolute Gasteiger partial charge is 0.200 e. The van der Waals surface area contributed by atoms with Gasteiger partial charge in [0.2, 0.25) is 0 Å². The SMILES string of the molecule is C=Cc1ccc(OC(CCC)OCc2cccc3ccccc23)cc1. The molecule has 0 aliphatic rings. The molecule has 1 unspecified atom stereocenters. The Morgan fingerprint density at radius 3 is 2.48 bits per heavy atom. The van der Waals surface area contributed by atoms with E-state index < -0.39 is 0 Å². The second-order valence-electron chi connectivity index (χ2n) is 6.06. The van der Waals surface area contributed by atoms with Crippen LogP contribution >= 0.6 is 0 Å². The van der Waals surface area contributed by atoms with Gasteiger partial charge in [-0.25, -0.2) is 0 Å². The Morgan fingerprint density at radius 1 is 0.960 bits per heavy atom. The van der Waals surface area contributed by atoms with Crippen molar-refractivity contribution in [3.63, 3.8) is 0 Å². The molecule has 0 aliphatic carbocycles. The minimum atomic E-state index is -0.251. The van der Waals surface area contributed by atoms with Gasteiger partial charge < -0.3 is 9.47 Å². The van der Waals surface area contributed by atoms with E-state index in [0.717, 1.165) is 24.2 Å². The van der Waals surface area contributed by atoms with Crippen LogP contribution in [0.25, 0.3) is 16.8 Å². The zero-order valence-electron chi connectivity index (χ0n) is 14.7. The van der Waals surface area contributed by atoms with Crippen LogP contribution in [0.2, 0.25) is 0 Å². The third-order valence-electron chi connectivity index (χ3n) is 4.21. The van der Waals surface area contributed by atoms with Crippen LogP contribution in [0.5, 0.6) is 5.75 Å². The van der Waals surface area contributed by atoms with Gasteiger partial charge in [-0.15, -0.1) is 0 Å². The molecule has 0 fully saturated rings. The molecule has 128 valence electrons. The Morgan fingerprint density at radius 2 is 1.72 bits per heavy atom.